The molecule has 3 N–H and O–H groups in total. The molecule has 1 aliphatic rings. The lowest BCUT2D eigenvalue weighted by Gasteiger charge is -2.36. The second kappa shape index (κ2) is 6.33. The van der Waals surface area contributed by atoms with Gasteiger partial charge in [-0.15, -0.1) is 0 Å². The second-order valence-electron chi connectivity index (χ2n) is 4.82. The molecule has 0 aromatic carbocycles. The Labute approximate surface area is 102 Å². The Bertz CT molecular complexity index is 259. The van der Waals surface area contributed by atoms with Crippen molar-refractivity contribution in [1.29, 1.82) is 0 Å². The zero-order valence-corrected chi connectivity index (χ0v) is 10.4. The number of aliphatic hydroxyl groups is 2. The summed E-state index contributed by atoms with van der Waals surface area (Å²) in [5.41, 5.74) is -0.975. The monoisotopic (exact) mass is 245 g/mol. The molecule has 0 radical (unpaired) electrons. The van der Waals surface area contributed by atoms with E-state index in [2.05, 4.69) is 6.92 Å². The maximum absolute atomic E-state index is 11.5. The van der Waals surface area contributed by atoms with Gasteiger partial charge in [0, 0.05) is 6.42 Å². The minimum absolute atomic E-state index is 0.114. The zero-order valence-electron chi connectivity index (χ0n) is 10.4. The highest BCUT2D eigenvalue weighted by Gasteiger charge is 2.48. The number of unbranched alkanes of at least 4 members (excludes halogenated alkanes) is 1. The Hall–Kier alpha value is -0.650. The highest BCUT2D eigenvalue weighted by atomic mass is 16.4. The molecular weight excluding hydrogens is 222 g/mol. The van der Waals surface area contributed by atoms with Crippen LogP contribution in [-0.2, 0) is 4.79 Å². The molecule has 5 nitrogen and oxygen atoms in total. The second-order valence-corrected chi connectivity index (χ2v) is 4.82. The Morgan fingerprint density at radius 1 is 1.53 bits per heavy atom. The largest absolute Gasteiger partial charge is 0.480 e. The van der Waals surface area contributed by atoms with E-state index in [-0.39, 0.29) is 13.0 Å². The molecule has 0 amide bonds. The Kier molecular flexibility index (Phi) is 5.36. The van der Waals surface area contributed by atoms with E-state index in [1.54, 1.807) is 0 Å². The standard InChI is InChI=1S/C12H23NO4/c1-2-3-6-13-7-4-5-12(13,11(16)17)8-10(15)9-14/h10,14-15H,2-9H2,1H3,(H,16,17)/t10?,12-/m1/s1. The third-order valence-corrected chi connectivity index (χ3v) is 3.59. The molecule has 0 bridgehead atoms. The predicted octanol–water partition coefficient (Wildman–Crippen LogP) is 0.449. The summed E-state index contributed by atoms with van der Waals surface area (Å²) in [5, 5.41) is 27.9. The van der Waals surface area contributed by atoms with E-state index in [0.717, 1.165) is 32.4 Å². The topological polar surface area (TPSA) is 81.0 Å². The van der Waals surface area contributed by atoms with Gasteiger partial charge in [-0.2, -0.15) is 0 Å². The maximum Gasteiger partial charge on any atom is 0.324 e. The van der Waals surface area contributed by atoms with Gasteiger partial charge in [0.1, 0.15) is 5.54 Å². The summed E-state index contributed by atoms with van der Waals surface area (Å²) in [7, 11) is 0. The summed E-state index contributed by atoms with van der Waals surface area (Å²) >= 11 is 0. The third kappa shape index (κ3) is 3.18. The molecule has 2 atom stereocenters. The number of carboxylic acid groups (broad SMARTS) is 1. The van der Waals surface area contributed by atoms with E-state index in [1.165, 1.54) is 0 Å². The fourth-order valence-electron chi connectivity index (χ4n) is 2.62. The summed E-state index contributed by atoms with van der Waals surface area (Å²) in [5.74, 6) is -0.876. The van der Waals surface area contributed by atoms with Crippen LogP contribution in [0.5, 0.6) is 0 Å². The molecule has 1 aliphatic heterocycles. The minimum atomic E-state index is -0.975. The number of nitrogens with zero attached hydrogens (tertiary/aromatic N) is 1. The molecule has 0 aliphatic carbocycles. The zero-order chi connectivity index (χ0) is 12.9. The minimum Gasteiger partial charge on any atom is -0.480 e. The molecule has 1 saturated heterocycles. The number of hydrogen-bond donors (Lipinski definition) is 3. The van der Waals surface area contributed by atoms with Crippen molar-refractivity contribution in [3.63, 3.8) is 0 Å². The molecule has 100 valence electrons. The van der Waals surface area contributed by atoms with Crippen molar-refractivity contribution in [2.75, 3.05) is 19.7 Å². The van der Waals surface area contributed by atoms with Crippen LogP contribution in [0, 0.1) is 0 Å². The number of likely N-dealkylation sites (tertiary alicyclic amines) is 1. The summed E-state index contributed by atoms with van der Waals surface area (Å²) in [6.45, 7) is 3.21. The molecule has 1 heterocycles. The Morgan fingerprint density at radius 2 is 2.24 bits per heavy atom. The maximum atomic E-state index is 11.5. The van der Waals surface area contributed by atoms with E-state index >= 15 is 0 Å². The third-order valence-electron chi connectivity index (χ3n) is 3.59. The molecule has 17 heavy (non-hydrogen) atoms. The number of carbonyl (C=O) groups is 1. The van der Waals surface area contributed by atoms with E-state index in [9.17, 15) is 15.0 Å². The average molecular weight is 245 g/mol. The fourth-order valence-corrected chi connectivity index (χ4v) is 2.62. The van der Waals surface area contributed by atoms with Crippen LogP contribution in [0.1, 0.15) is 39.0 Å². The van der Waals surface area contributed by atoms with E-state index < -0.39 is 17.6 Å². The van der Waals surface area contributed by atoms with Gasteiger partial charge in [-0.25, -0.2) is 0 Å². The normalized spacial score (nSPS) is 27.2. The highest BCUT2D eigenvalue weighted by molar-refractivity contribution is 5.79. The lowest BCUT2D eigenvalue weighted by molar-refractivity contribution is -0.152. The summed E-state index contributed by atoms with van der Waals surface area (Å²) in [6.07, 6.45) is 2.55. The molecule has 0 saturated carbocycles. The smallest absolute Gasteiger partial charge is 0.324 e. The van der Waals surface area contributed by atoms with Crippen LogP contribution in [-0.4, -0.2) is 57.5 Å². The van der Waals surface area contributed by atoms with Crippen LogP contribution in [0.3, 0.4) is 0 Å². The van der Waals surface area contributed by atoms with Gasteiger partial charge in [0.15, 0.2) is 0 Å². The van der Waals surface area contributed by atoms with Crippen molar-refractivity contribution in [3.8, 4) is 0 Å². The number of aliphatic hydroxyl groups excluding tert-OH is 2. The first-order valence-corrected chi connectivity index (χ1v) is 6.34. The quantitative estimate of drug-likeness (QED) is 0.606. The SMILES string of the molecule is CCCCN1CCC[C@@]1(CC(O)CO)C(=O)O. The summed E-state index contributed by atoms with van der Waals surface area (Å²) < 4.78 is 0. The first kappa shape index (κ1) is 14.4. The van der Waals surface area contributed by atoms with Gasteiger partial charge >= 0.3 is 5.97 Å². The Morgan fingerprint density at radius 3 is 2.76 bits per heavy atom. The van der Waals surface area contributed by atoms with Crippen LogP contribution in [0.25, 0.3) is 0 Å². The first-order valence-electron chi connectivity index (χ1n) is 6.34. The van der Waals surface area contributed by atoms with Crippen molar-refractivity contribution in [2.24, 2.45) is 0 Å². The van der Waals surface area contributed by atoms with Crippen molar-refractivity contribution in [3.05, 3.63) is 0 Å². The van der Waals surface area contributed by atoms with Crippen LogP contribution >= 0.6 is 0 Å². The van der Waals surface area contributed by atoms with Gasteiger partial charge in [0.2, 0.25) is 0 Å². The molecule has 5 heteroatoms. The first-order chi connectivity index (χ1) is 8.06. The highest BCUT2D eigenvalue weighted by Crippen LogP contribution is 2.34. The van der Waals surface area contributed by atoms with Crippen LogP contribution in [0.4, 0.5) is 0 Å². The van der Waals surface area contributed by atoms with Crippen molar-refractivity contribution < 1.29 is 20.1 Å². The van der Waals surface area contributed by atoms with E-state index in [1.807, 2.05) is 4.90 Å². The van der Waals surface area contributed by atoms with Crippen LogP contribution < -0.4 is 0 Å². The lowest BCUT2D eigenvalue weighted by atomic mass is 9.89. The van der Waals surface area contributed by atoms with E-state index in [0.29, 0.717) is 6.42 Å². The molecule has 1 rings (SSSR count). The molecular formula is C12H23NO4. The van der Waals surface area contributed by atoms with Gasteiger partial charge < -0.3 is 15.3 Å². The van der Waals surface area contributed by atoms with Gasteiger partial charge in [-0.1, -0.05) is 13.3 Å². The summed E-state index contributed by atoms with van der Waals surface area (Å²) in [4.78, 5) is 13.5. The molecule has 0 aromatic heterocycles. The number of aliphatic carboxylic acids is 1. The van der Waals surface area contributed by atoms with Gasteiger partial charge in [-0.3, -0.25) is 9.69 Å². The number of hydrogen-bond acceptors (Lipinski definition) is 4. The van der Waals surface area contributed by atoms with Gasteiger partial charge in [0.25, 0.3) is 0 Å². The van der Waals surface area contributed by atoms with Gasteiger partial charge in [0.05, 0.1) is 12.7 Å². The average Bonchev–Trinajstić information content (AvgIpc) is 2.70. The molecule has 0 aromatic rings. The molecule has 1 fully saturated rings. The number of rotatable bonds is 7. The van der Waals surface area contributed by atoms with Crippen molar-refractivity contribution in [1.82, 2.24) is 4.90 Å². The molecule has 0 spiro atoms. The van der Waals surface area contributed by atoms with Gasteiger partial charge in [-0.05, 0) is 32.4 Å². The van der Waals surface area contributed by atoms with Crippen molar-refractivity contribution in [2.45, 2.75) is 50.7 Å². The van der Waals surface area contributed by atoms with Crippen molar-refractivity contribution >= 4 is 5.97 Å². The lowest BCUT2D eigenvalue weighted by Crippen LogP contribution is -2.53. The van der Waals surface area contributed by atoms with Crippen LogP contribution in [0.15, 0.2) is 0 Å². The molecule has 1 unspecified atom stereocenters. The number of carboxylic acids is 1. The fraction of sp³-hybridized carbons (Fsp3) is 0.917. The Balaban J connectivity index is 2.77. The summed E-state index contributed by atoms with van der Waals surface area (Å²) in [6, 6.07) is 0. The van der Waals surface area contributed by atoms with E-state index in [4.69, 9.17) is 5.11 Å². The predicted molar refractivity (Wildman–Crippen MR) is 63.8 cm³/mol. The van der Waals surface area contributed by atoms with Crippen LogP contribution in [0.2, 0.25) is 0 Å².